The Morgan fingerprint density at radius 3 is 3.07 bits per heavy atom. The second-order valence-corrected chi connectivity index (χ2v) is 3.04. The molecule has 0 radical (unpaired) electrons. The fourth-order valence-corrected chi connectivity index (χ4v) is 1.51. The molecule has 1 aliphatic heterocycles. The van der Waals surface area contributed by atoms with Gasteiger partial charge in [0, 0.05) is 19.2 Å². The first-order chi connectivity index (χ1) is 6.72. The molecule has 1 aromatic rings. The molecule has 1 aromatic heterocycles. The van der Waals surface area contributed by atoms with Gasteiger partial charge in [-0.25, -0.2) is 4.79 Å². The second kappa shape index (κ2) is 3.17. The maximum Gasteiger partial charge on any atom is 0.338 e. The molecule has 0 unspecified atom stereocenters. The van der Waals surface area contributed by atoms with Crippen molar-refractivity contribution in [2.75, 3.05) is 19.0 Å². The minimum absolute atomic E-state index is 0.173. The predicted molar refractivity (Wildman–Crippen MR) is 50.5 cm³/mol. The van der Waals surface area contributed by atoms with Crippen molar-refractivity contribution >= 4 is 11.8 Å². The van der Waals surface area contributed by atoms with Gasteiger partial charge in [-0.15, -0.1) is 0 Å². The molecule has 5 nitrogen and oxygen atoms in total. The zero-order valence-electron chi connectivity index (χ0n) is 7.74. The largest absolute Gasteiger partial charge is 0.465 e. The summed E-state index contributed by atoms with van der Waals surface area (Å²) in [7, 11) is 1.29. The van der Waals surface area contributed by atoms with Gasteiger partial charge in [0.15, 0.2) is 0 Å². The molecule has 2 rings (SSSR count). The fourth-order valence-electron chi connectivity index (χ4n) is 1.51. The van der Waals surface area contributed by atoms with Crippen LogP contribution in [0.15, 0.2) is 16.9 Å². The van der Waals surface area contributed by atoms with E-state index in [9.17, 15) is 9.59 Å². The number of methoxy groups -OCH3 is 1. The number of ether oxygens (including phenoxy) is 1. The summed E-state index contributed by atoms with van der Waals surface area (Å²) in [6.07, 6.45) is 0. The van der Waals surface area contributed by atoms with Gasteiger partial charge in [-0.3, -0.25) is 9.36 Å². The molecule has 14 heavy (non-hydrogen) atoms. The van der Waals surface area contributed by atoms with Crippen molar-refractivity contribution in [1.82, 2.24) is 4.57 Å². The van der Waals surface area contributed by atoms with E-state index in [1.165, 1.54) is 13.2 Å². The number of rotatable bonds is 1. The van der Waals surface area contributed by atoms with Crippen LogP contribution >= 0.6 is 0 Å². The van der Waals surface area contributed by atoms with Gasteiger partial charge < -0.3 is 10.1 Å². The van der Waals surface area contributed by atoms with Crippen LogP contribution in [0, 0.1) is 0 Å². The monoisotopic (exact) mass is 194 g/mol. The van der Waals surface area contributed by atoms with Gasteiger partial charge in [0.2, 0.25) is 0 Å². The van der Waals surface area contributed by atoms with Crippen molar-refractivity contribution in [1.29, 1.82) is 0 Å². The molecule has 1 N–H and O–H groups in total. The first kappa shape index (κ1) is 8.80. The third kappa shape index (κ3) is 1.26. The van der Waals surface area contributed by atoms with E-state index in [0.29, 0.717) is 12.4 Å². The Morgan fingerprint density at radius 1 is 1.57 bits per heavy atom. The molecular formula is C9H10N2O3. The summed E-state index contributed by atoms with van der Waals surface area (Å²) in [5.74, 6) is 0.192. The molecule has 2 heterocycles. The first-order valence-electron chi connectivity index (χ1n) is 4.29. The van der Waals surface area contributed by atoms with E-state index < -0.39 is 5.97 Å². The van der Waals surface area contributed by atoms with E-state index >= 15 is 0 Å². The van der Waals surface area contributed by atoms with Crippen LogP contribution < -0.4 is 10.9 Å². The lowest BCUT2D eigenvalue weighted by Gasteiger charge is -2.03. The fraction of sp³-hybridized carbons (Fsp3) is 0.333. The average Bonchev–Trinajstić information content (AvgIpc) is 2.64. The number of hydrogen-bond acceptors (Lipinski definition) is 4. The van der Waals surface area contributed by atoms with Crippen molar-refractivity contribution in [2.45, 2.75) is 6.54 Å². The summed E-state index contributed by atoms with van der Waals surface area (Å²) in [5, 5.41) is 3.02. The van der Waals surface area contributed by atoms with Gasteiger partial charge >= 0.3 is 5.97 Å². The lowest BCUT2D eigenvalue weighted by Crippen LogP contribution is -2.19. The summed E-state index contributed by atoms with van der Waals surface area (Å²) in [4.78, 5) is 22.6. The number of carbonyl (C=O) groups excluding carboxylic acids is 1. The number of carbonyl (C=O) groups is 1. The van der Waals surface area contributed by atoms with Gasteiger partial charge in [-0.2, -0.15) is 0 Å². The lowest BCUT2D eigenvalue weighted by atomic mass is 10.2. The number of hydrogen-bond donors (Lipinski definition) is 1. The van der Waals surface area contributed by atoms with Gasteiger partial charge in [0.05, 0.1) is 12.7 Å². The number of pyridine rings is 1. The maximum absolute atomic E-state index is 11.5. The van der Waals surface area contributed by atoms with Crippen molar-refractivity contribution in [3.8, 4) is 0 Å². The summed E-state index contributed by atoms with van der Waals surface area (Å²) >= 11 is 0. The van der Waals surface area contributed by atoms with E-state index in [1.807, 2.05) is 0 Å². The van der Waals surface area contributed by atoms with Crippen molar-refractivity contribution in [2.24, 2.45) is 0 Å². The van der Waals surface area contributed by atoms with Crippen LogP contribution in [-0.2, 0) is 11.3 Å². The van der Waals surface area contributed by atoms with Gasteiger partial charge in [-0.05, 0) is 6.07 Å². The summed E-state index contributed by atoms with van der Waals surface area (Å²) < 4.78 is 6.13. The van der Waals surface area contributed by atoms with Crippen LogP contribution in [-0.4, -0.2) is 24.2 Å². The topological polar surface area (TPSA) is 60.3 Å². The lowest BCUT2D eigenvalue weighted by molar-refractivity contribution is 0.0600. The standard InChI is InChI=1S/C9H10N2O3/c1-14-9(13)6-4-7-10-2-3-11(7)8(12)5-6/h4-5,10H,2-3H2,1H3. The molecule has 1 aliphatic rings. The highest BCUT2D eigenvalue weighted by molar-refractivity contribution is 5.90. The van der Waals surface area contributed by atoms with Crippen LogP contribution in [0.3, 0.4) is 0 Å². The number of esters is 1. The maximum atomic E-state index is 11.5. The third-order valence-corrected chi connectivity index (χ3v) is 2.19. The summed E-state index contributed by atoms with van der Waals surface area (Å²) in [5.41, 5.74) is 0.117. The van der Waals surface area contributed by atoms with Gasteiger partial charge in [-0.1, -0.05) is 0 Å². The molecule has 0 fully saturated rings. The number of nitrogens with zero attached hydrogens (tertiary/aromatic N) is 1. The molecule has 0 aliphatic carbocycles. The number of anilines is 1. The molecule has 0 saturated heterocycles. The zero-order chi connectivity index (χ0) is 10.1. The normalized spacial score (nSPS) is 13.2. The summed E-state index contributed by atoms with van der Waals surface area (Å²) in [6, 6.07) is 2.92. The van der Waals surface area contributed by atoms with E-state index in [1.54, 1.807) is 10.6 Å². The van der Waals surface area contributed by atoms with Gasteiger partial charge in [0.25, 0.3) is 5.56 Å². The van der Waals surface area contributed by atoms with Crippen molar-refractivity contribution < 1.29 is 9.53 Å². The molecule has 0 spiro atoms. The van der Waals surface area contributed by atoms with Crippen LogP contribution in [0.2, 0.25) is 0 Å². The van der Waals surface area contributed by atoms with Crippen molar-refractivity contribution in [3.63, 3.8) is 0 Å². The molecule has 0 atom stereocenters. The molecule has 0 saturated carbocycles. The van der Waals surface area contributed by atoms with E-state index in [2.05, 4.69) is 10.1 Å². The number of aromatic nitrogens is 1. The minimum atomic E-state index is -0.487. The Hall–Kier alpha value is -1.78. The highest BCUT2D eigenvalue weighted by Gasteiger charge is 2.15. The average molecular weight is 194 g/mol. The van der Waals surface area contributed by atoms with Gasteiger partial charge in [0.1, 0.15) is 5.82 Å². The highest BCUT2D eigenvalue weighted by atomic mass is 16.5. The highest BCUT2D eigenvalue weighted by Crippen LogP contribution is 2.13. The SMILES string of the molecule is COC(=O)c1cc2n(c(=O)c1)CCN2. The Morgan fingerprint density at radius 2 is 2.36 bits per heavy atom. The first-order valence-corrected chi connectivity index (χ1v) is 4.29. The smallest absolute Gasteiger partial charge is 0.338 e. The quantitative estimate of drug-likeness (QED) is 0.642. The molecule has 5 heteroatoms. The Balaban J connectivity index is 2.52. The second-order valence-electron chi connectivity index (χ2n) is 3.04. The van der Waals surface area contributed by atoms with Crippen LogP contribution in [0.1, 0.15) is 10.4 Å². The summed E-state index contributed by atoms with van der Waals surface area (Å²) in [6.45, 7) is 1.37. The number of nitrogens with one attached hydrogen (secondary N) is 1. The van der Waals surface area contributed by atoms with Crippen LogP contribution in [0.4, 0.5) is 5.82 Å². The third-order valence-electron chi connectivity index (χ3n) is 2.19. The van der Waals surface area contributed by atoms with E-state index in [0.717, 1.165) is 6.54 Å². The van der Waals surface area contributed by atoms with Crippen LogP contribution in [0.25, 0.3) is 0 Å². The van der Waals surface area contributed by atoms with E-state index in [4.69, 9.17) is 0 Å². The molecule has 74 valence electrons. The molecule has 0 amide bonds. The Labute approximate surface area is 80.3 Å². The molecular weight excluding hydrogens is 184 g/mol. The van der Waals surface area contributed by atoms with Crippen LogP contribution in [0.5, 0.6) is 0 Å². The minimum Gasteiger partial charge on any atom is -0.465 e. The zero-order valence-corrected chi connectivity index (χ0v) is 7.74. The Kier molecular flexibility index (Phi) is 1.99. The van der Waals surface area contributed by atoms with E-state index in [-0.39, 0.29) is 11.1 Å². The molecule has 0 aromatic carbocycles. The number of fused-ring (bicyclic) bond motifs is 1. The van der Waals surface area contributed by atoms with Crippen molar-refractivity contribution in [3.05, 3.63) is 28.0 Å². The molecule has 0 bridgehead atoms. The Bertz CT molecular complexity index is 436. The predicted octanol–water partition coefficient (Wildman–Crippen LogP) is 0.0604.